The third kappa shape index (κ3) is 6.48. The van der Waals surface area contributed by atoms with Crippen LogP contribution >= 0.6 is 23.1 Å². The quantitative estimate of drug-likeness (QED) is 0.651. The number of hydrogen-bond acceptors (Lipinski definition) is 8. The van der Waals surface area contributed by atoms with Gasteiger partial charge in [-0.3, -0.25) is 0 Å². The molecule has 1 N–H and O–H groups in total. The predicted octanol–water partition coefficient (Wildman–Crippen LogP) is 3.66. The average Bonchev–Trinajstić information content (AvgIpc) is 2.95. The van der Waals surface area contributed by atoms with E-state index in [1.165, 1.54) is 17.8 Å². The molecule has 29 heavy (non-hydrogen) atoms. The summed E-state index contributed by atoms with van der Waals surface area (Å²) in [5, 5.41) is 2.33. The van der Waals surface area contributed by atoms with Crippen LogP contribution in [0.5, 0.6) is 0 Å². The van der Waals surface area contributed by atoms with Crippen LogP contribution in [0.25, 0.3) is 0 Å². The van der Waals surface area contributed by atoms with Crippen LogP contribution in [0.4, 0.5) is 24.7 Å². The highest BCUT2D eigenvalue weighted by Crippen LogP contribution is 2.31. The Morgan fingerprint density at radius 3 is 2.48 bits per heavy atom. The number of halogens is 3. The van der Waals surface area contributed by atoms with Gasteiger partial charge in [0.15, 0.2) is 14.2 Å². The van der Waals surface area contributed by atoms with Gasteiger partial charge in [0.1, 0.15) is 12.4 Å². The van der Waals surface area contributed by atoms with E-state index in [4.69, 9.17) is 0 Å². The molecular weight excluding hydrogens is 445 g/mol. The molecule has 1 aliphatic heterocycles. The Morgan fingerprint density at radius 2 is 1.90 bits per heavy atom. The molecule has 1 aliphatic rings. The number of aromatic nitrogens is 2. The zero-order valence-electron chi connectivity index (χ0n) is 15.9. The Labute approximate surface area is 175 Å². The van der Waals surface area contributed by atoms with Crippen molar-refractivity contribution in [1.29, 1.82) is 0 Å². The van der Waals surface area contributed by atoms with Crippen molar-refractivity contribution in [2.24, 2.45) is 0 Å². The van der Waals surface area contributed by atoms with Crippen LogP contribution in [0.3, 0.4) is 0 Å². The number of thiazole rings is 1. The van der Waals surface area contributed by atoms with Crippen LogP contribution in [0, 0.1) is 13.8 Å². The van der Waals surface area contributed by atoms with Crippen molar-refractivity contribution >= 4 is 44.4 Å². The second-order valence-electron chi connectivity index (χ2n) is 6.72. The highest BCUT2D eigenvalue weighted by molar-refractivity contribution is 8.00. The van der Waals surface area contributed by atoms with Crippen molar-refractivity contribution < 1.29 is 21.6 Å². The normalized spacial score (nSPS) is 16.8. The Hall–Kier alpha value is -1.53. The molecule has 0 saturated carbocycles. The van der Waals surface area contributed by atoms with Gasteiger partial charge in [-0.25, -0.2) is 18.4 Å². The summed E-state index contributed by atoms with van der Waals surface area (Å²) in [7, 11) is -3.05. The van der Waals surface area contributed by atoms with E-state index in [1.807, 2.05) is 18.7 Å². The van der Waals surface area contributed by atoms with Gasteiger partial charge in [0.25, 0.3) is 0 Å². The van der Waals surface area contributed by atoms with Crippen LogP contribution in [0.2, 0.25) is 0 Å². The molecule has 160 valence electrons. The topological polar surface area (TPSA) is 75.2 Å². The number of thioether (sulfide) groups is 1. The first-order valence-electron chi connectivity index (χ1n) is 8.84. The highest BCUT2D eigenvalue weighted by atomic mass is 32.2. The molecular formula is C17H21F3N4O2S3. The number of hydrogen-bond donors (Lipinski definition) is 1. The summed E-state index contributed by atoms with van der Waals surface area (Å²) in [4.78, 5) is 11.8. The smallest absolute Gasteiger partial charge is 0.369 e. The number of nitrogens with zero attached hydrogens (tertiary/aromatic N) is 3. The van der Waals surface area contributed by atoms with Gasteiger partial charge in [0, 0.05) is 35.5 Å². The molecule has 0 bridgehead atoms. The Balaban J connectivity index is 1.79. The lowest BCUT2D eigenvalue weighted by molar-refractivity contribution is -0.115. The molecule has 0 spiro atoms. The molecule has 1 saturated heterocycles. The second kappa shape index (κ2) is 8.68. The third-order valence-corrected chi connectivity index (χ3v) is 8.25. The molecule has 2 aromatic rings. The molecule has 2 aromatic heterocycles. The number of nitrogens with one attached hydrogen (secondary N) is 1. The van der Waals surface area contributed by atoms with Crippen molar-refractivity contribution in [3.8, 4) is 0 Å². The minimum atomic E-state index is -4.36. The van der Waals surface area contributed by atoms with Crippen LogP contribution in [0.15, 0.2) is 16.5 Å². The monoisotopic (exact) mass is 466 g/mol. The molecule has 0 unspecified atom stereocenters. The maximum atomic E-state index is 12.6. The molecule has 0 aromatic carbocycles. The number of anilines is 2. The van der Waals surface area contributed by atoms with Gasteiger partial charge in [-0.2, -0.15) is 13.2 Å². The fraction of sp³-hybridized carbons (Fsp3) is 0.529. The van der Waals surface area contributed by atoms with Crippen molar-refractivity contribution in [3.05, 3.63) is 28.4 Å². The van der Waals surface area contributed by atoms with E-state index in [-0.39, 0.29) is 17.3 Å². The number of pyridine rings is 1. The third-order valence-electron chi connectivity index (χ3n) is 4.40. The maximum Gasteiger partial charge on any atom is 0.405 e. The summed E-state index contributed by atoms with van der Waals surface area (Å²) in [6, 6.07) is 3.34. The van der Waals surface area contributed by atoms with Gasteiger partial charge in [0.05, 0.1) is 22.9 Å². The summed E-state index contributed by atoms with van der Waals surface area (Å²) in [6.07, 6.45) is -4.36. The van der Waals surface area contributed by atoms with Crippen LogP contribution in [-0.4, -0.2) is 55.7 Å². The van der Waals surface area contributed by atoms with Gasteiger partial charge in [0.2, 0.25) is 0 Å². The summed E-state index contributed by atoms with van der Waals surface area (Å²) < 4.78 is 62.1. The van der Waals surface area contributed by atoms with Gasteiger partial charge in [-0.1, -0.05) is 11.8 Å². The lowest BCUT2D eigenvalue weighted by Crippen LogP contribution is -2.40. The molecule has 12 heteroatoms. The van der Waals surface area contributed by atoms with Crippen LogP contribution < -0.4 is 10.2 Å². The van der Waals surface area contributed by atoms with Crippen LogP contribution in [-0.2, 0) is 15.6 Å². The summed E-state index contributed by atoms with van der Waals surface area (Å²) in [6.45, 7) is 3.35. The largest absolute Gasteiger partial charge is 0.405 e. The molecule has 3 heterocycles. The molecule has 3 rings (SSSR count). The van der Waals surface area contributed by atoms with Crippen molar-refractivity contribution in [2.45, 2.75) is 30.1 Å². The van der Waals surface area contributed by atoms with E-state index in [2.05, 4.69) is 15.3 Å². The lowest BCUT2D eigenvalue weighted by Gasteiger charge is -2.29. The summed E-state index contributed by atoms with van der Waals surface area (Å²) >= 11 is 3.04. The Kier molecular flexibility index (Phi) is 6.64. The van der Waals surface area contributed by atoms with E-state index in [0.29, 0.717) is 30.2 Å². The minimum Gasteiger partial charge on any atom is -0.369 e. The van der Waals surface area contributed by atoms with E-state index < -0.39 is 22.6 Å². The lowest BCUT2D eigenvalue weighted by atomic mass is 10.2. The number of aryl methyl sites for hydroxylation is 2. The standard InChI is InChI=1S/C17H21F3N4O2S3/c1-11-12(2)28-16(22-11)27-9-13-7-14(24-3-5-29(25,26)6-4-24)8-15(23-13)21-10-17(18,19)20/h7-8H,3-6,9-10H2,1-2H3,(H,21,23). The molecule has 0 radical (unpaired) electrons. The molecule has 6 nitrogen and oxygen atoms in total. The zero-order valence-corrected chi connectivity index (χ0v) is 18.4. The molecule has 1 fully saturated rings. The van der Waals surface area contributed by atoms with Gasteiger partial charge < -0.3 is 10.2 Å². The fourth-order valence-corrected chi connectivity index (χ4v) is 5.97. The minimum absolute atomic E-state index is 0.0301. The number of alkyl halides is 3. The number of sulfone groups is 1. The van der Waals surface area contributed by atoms with Crippen molar-refractivity contribution in [2.75, 3.05) is 41.4 Å². The molecule has 0 atom stereocenters. The first kappa shape index (κ1) is 22.2. The fourth-order valence-electron chi connectivity index (χ4n) is 2.72. The van der Waals surface area contributed by atoms with Crippen molar-refractivity contribution in [1.82, 2.24) is 9.97 Å². The van der Waals surface area contributed by atoms with Gasteiger partial charge in [-0.05, 0) is 19.9 Å². The summed E-state index contributed by atoms with van der Waals surface area (Å²) in [5.41, 5.74) is 2.24. The SMILES string of the molecule is Cc1nc(SCc2cc(N3CCS(=O)(=O)CC3)cc(NCC(F)(F)F)n2)sc1C. The van der Waals surface area contributed by atoms with Crippen LogP contribution in [0.1, 0.15) is 16.3 Å². The molecule has 0 amide bonds. The average molecular weight is 467 g/mol. The highest BCUT2D eigenvalue weighted by Gasteiger charge is 2.27. The number of rotatable bonds is 6. The first-order chi connectivity index (χ1) is 13.5. The predicted molar refractivity (Wildman–Crippen MR) is 111 cm³/mol. The van der Waals surface area contributed by atoms with E-state index in [9.17, 15) is 21.6 Å². The van der Waals surface area contributed by atoms with Gasteiger partial charge in [-0.15, -0.1) is 11.3 Å². The van der Waals surface area contributed by atoms with E-state index in [0.717, 1.165) is 14.9 Å². The zero-order chi connectivity index (χ0) is 21.2. The molecule has 0 aliphatic carbocycles. The summed E-state index contributed by atoms with van der Waals surface area (Å²) in [5.74, 6) is 0.632. The Bertz CT molecular complexity index is 943. The van der Waals surface area contributed by atoms with E-state index in [1.54, 1.807) is 17.4 Å². The first-order valence-corrected chi connectivity index (χ1v) is 12.5. The van der Waals surface area contributed by atoms with Crippen molar-refractivity contribution in [3.63, 3.8) is 0 Å². The maximum absolute atomic E-state index is 12.6. The van der Waals surface area contributed by atoms with Gasteiger partial charge >= 0.3 is 6.18 Å². The van der Waals surface area contributed by atoms with E-state index >= 15 is 0 Å². The Morgan fingerprint density at radius 1 is 1.21 bits per heavy atom. The second-order valence-corrected chi connectivity index (χ2v) is 11.4.